The molecule has 0 amide bonds. The van der Waals surface area contributed by atoms with Crippen molar-refractivity contribution in [2.24, 2.45) is 17.3 Å². The standard InChI is InChI=1S/C15H29NO3S/c1-12(2)20(17,18)7-4-15(11-16-5-6-19-3)9-13-8-14(13)10-15/h12-14,16H,4-11H2,1-3H3. The van der Waals surface area contributed by atoms with Crippen molar-refractivity contribution in [2.45, 2.75) is 44.8 Å². The summed E-state index contributed by atoms with van der Waals surface area (Å²) in [5.74, 6) is 2.10. The third kappa shape index (κ3) is 3.95. The monoisotopic (exact) mass is 303 g/mol. The number of ether oxygens (including phenoxy) is 1. The summed E-state index contributed by atoms with van der Waals surface area (Å²) < 4.78 is 29.2. The van der Waals surface area contributed by atoms with Crippen LogP contribution in [-0.4, -0.2) is 46.2 Å². The van der Waals surface area contributed by atoms with Crippen molar-refractivity contribution in [2.75, 3.05) is 32.6 Å². The zero-order valence-corrected chi connectivity index (χ0v) is 13.8. The van der Waals surface area contributed by atoms with Crippen LogP contribution in [0.2, 0.25) is 0 Å². The van der Waals surface area contributed by atoms with E-state index in [4.69, 9.17) is 4.74 Å². The molecule has 20 heavy (non-hydrogen) atoms. The first-order valence-electron chi connectivity index (χ1n) is 7.80. The van der Waals surface area contributed by atoms with Gasteiger partial charge in [0.1, 0.15) is 0 Å². The van der Waals surface area contributed by atoms with Gasteiger partial charge in [-0.2, -0.15) is 0 Å². The molecule has 118 valence electrons. The topological polar surface area (TPSA) is 55.4 Å². The lowest BCUT2D eigenvalue weighted by molar-refractivity contribution is 0.185. The SMILES string of the molecule is COCCNCC1(CCS(=O)(=O)C(C)C)CC2CC2C1. The number of sulfone groups is 1. The van der Waals surface area contributed by atoms with Crippen LogP contribution in [0.1, 0.15) is 39.5 Å². The minimum Gasteiger partial charge on any atom is -0.383 e. The summed E-state index contributed by atoms with van der Waals surface area (Å²) in [6.45, 7) is 6.07. The van der Waals surface area contributed by atoms with Gasteiger partial charge in [-0.3, -0.25) is 0 Å². The molecule has 2 aliphatic carbocycles. The second kappa shape index (κ2) is 6.32. The van der Waals surface area contributed by atoms with Gasteiger partial charge in [-0.15, -0.1) is 0 Å². The average Bonchev–Trinajstić information content (AvgIpc) is 3.01. The summed E-state index contributed by atoms with van der Waals surface area (Å²) in [7, 11) is -1.21. The van der Waals surface area contributed by atoms with E-state index in [0.717, 1.165) is 31.3 Å². The summed E-state index contributed by atoms with van der Waals surface area (Å²) in [6.07, 6.45) is 4.62. The first-order chi connectivity index (χ1) is 9.38. The minimum absolute atomic E-state index is 0.212. The number of nitrogens with one attached hydrogen (secondary N) is 1. The van der Waals surface area contributed by atoms with Gasteiger partial charge >= 0.3 is 0 Å². The Bertz CT molecular complexity index is 409. The molecule has 2 fully saturated rings. The molecule has 0 bridgehead atoms. The van der Waals surface area contributed by atoms with Crippen molar-refractivity contribution in [3.8, 4) is 0 Å². The molecule has 2 saturated carbocycles. The van der Waals surface area contributed by atoms with Crippen molar-refractivity contribution in [3.05, 3.63) is 0 Å². The highest BCUT2D eigenvalue weighted by Crippen LogP contribution is 2.60. The third-order valence-corrected chi connectivity index (χ3v) is 7.29. The molecule has 2 unspecified atom stereocenters. The summed E-state index contributed by atoms with van der Waals surface area (Å²) in [5.41, 5.74) is 0.212. The molecule has 0 aromatic carbocycles. The normalized spacial score (nSPS) is 32.6. The van der Waals surface area contributed by atoms with Gasteiger partial charge in [0.25, 0.3) is 0 Å². The fourth-order valence-electron chi connectivity index (χ4n) is 3.57. The highest BCUT2D eigenvalue weighted by atomic mass is 32.2. The number of rotatable bonds is 9. The fourth-order valence-corrected chi connectivity index (χ4v) is 4.75. The molecule has 2 aliphatic rings. The Morgan fingerprint density at radius 3 is 2.50 bits per heavy atom. The molecule has 2 atom stereocenters. The molecule has 0 aliphatic heterocycles. The number of hydrogen-bond donors (Lipinski definition) is 1. The van der Waals surface area contributed by atoms with Crippen molar-refractivity contribution >= 4 is 9.84 Å². The lowest BCUT2D eigenvalue weighted by Crippen LogP contribution is -2.37. The van der Waals surface area contributed by atoms with Crippen LogP contribution in [0.4, 0.5) is 0 Å². The van der Waals surface area contributed by atoms with Crippen LogP contribution in [0.25, 0.3) is 0 Å². The van der Waals surface area contributed by atoms with Gasteiger partial charge in [0.15, 0.2) is 9.84 Å². The van der Waals surface area contributed by atoms with E-state index in [0.29, 0.717) is 12.4 Å². The molecule has 0 saturated heterocycles. The summed E-state index contributed by atoms with van der Waals surface area (Å²) in [6, 6.07) is 0. The Kier molecular flexibility index (Phi) is 5.14. The van der Waals surface area contributed by atoms with Gasteiger partial charge in [0.05, 0.1) is 17.6 Å². The maximum Gasteiger partial charge on any atom is 0.152 e. The Hall–Kier alpha value is -0.130. The van der Waals surface area contributed by atoms with Crippen LogP contribution in [0.3, 0.4) is 0 Å². The number of fused-ring (bicyclic) bond motifs is 1. The summed E-state index contributed by atoms with van der Waals surface area (Å²) in [5, 5.41) is 3.20. The van der Waals surface area contributed by atoms with Crippen molar-refractivity contribution in [1.82, 2.24) is 5.32 Å². The van der Waals surface area contributed by atoms with Gasteiger partial charge in [-0.25, -0.2) is 8.42 Å². The van der Waals surface area contributed by atoms with Crippen molar-refractivity contribution in [1.29, 1.82) is 0 Å². The van der Waals surface area contributed by atoms with Gasteiger partial charge in [-0.1, -0.05) is 0 Å². The Morgan fingerprint density at radius 1 is 1.30 bits per heavy atom. The largest absolute Gasteiger partial charge is 0.383 e. The molecule has 1 N–H and O–H groups in total. The zero-order valence-electron chi connectivity index (χ0n) is 13.0. The second-order valence-electron chi connectivity index (χ2n) is 7.00. The molecule has 0 spiro atoms. The molecule has 0 radical (unpaired) electrons. The van der Waals surface area contributed by atoms with E-state index in [1.54, 1.807) is 21.0 Å². The van der Waals surface area contributed by atoms with Crippen LogP contribution < -0.4 is 5.32 Å². The number of hydrogen-bond acceptors (Lipinski definition) is 4. The minimum atomic E-state index is -2.91. The predicted molar refractivity (Wildman–Crippen MR) is 81.5 cm³/mol. The van der Waals surface area contributed by atoms with Crippen LogP contribution in [-0.2, 0) is 14.6 Å². The van der Waals surface area contributed by atoms with E-state index >= 15 is 0 Å². The maximum atomic E-state index is 12.1. The lowest BCUT2D eigenvalue weighted by atomic mass is 9.80. The first-order valence-corrected chi connectivity index (χ1v) is 9.51. The van der Waals surface area contributed by atoms with Gasteiger partial charge in [0.2, 0.25) is 0 Å². The molecule has 4 nitrogen and oxygen atoms in total. The van der Waals surface area contributed by atoms with E-state index in [1.807, 2.05) is 0 Å². The number of methoxy groups -OCH3 is 1. The van der Waals surface area contributed by atoms with E-state index in [2.05, 4.69) is 5.32 Å². The van der Waals surface area contributed by atoms with E-state index < -0.39 is 9.84 Å². The lowest BCUT2D eigenvalue weighted by Gasteiger charge is -2.31. The second-order valence-corrected chi connectivity index (χ2v) is 9.68. The zero-order chi connectivity index (χ0) is 14.8. The highest BCUT2D eigenvalue weighted by molar-refractivity contribution is 7.91. The molecule has 5 heteroatoms. The Balaban J connectivity index is 1.87. The van der Waals surface area contributed by atoms with Crippen LogP contribution >= 0.6 is 0 Å². The maximum absolute atomic E-state index is 12.1. The van der Waals surface area contributed by atoms with E-state index in [9.17, 15) is 8.42 Å². The molecule has 2 rings (SSSR count). The van der Waals surface area contributed by atoms with E-state index in [-0.39, 0.29) is 10.7 Å². The molecular weight excluding hydrogens is 274 g/mol. The van der Waals surface area contributed by atoms with Crippen LogP contribution in [0.15, 0.2) is 0 Å². The first kappa shape index (κ1) is 16.2. The Labute approximate surface area is 123 Å². The molecule has 0 aromatic rings. The van der Waals surface area contributed by atoms with Crippen LogP contribution in [0, 0.1) is 17.3 Å². The smallest absolute Gasteiger partial charge is 0.152 e. The molecular formula is C15H29NO3S. The Morgan fingerprint density at radius 2 is 1.95 bits per heavy atom. The van der Waals surface area contributed by atoms with Crippen LogP contribution in [0.5, 0.6) is 0 Å². The van der Waals surface area contributed by atoms with Crippen molar-refractivity contribution in [3.63, 3.8) is 0 Å². The predicted octanol–water partition coefficient (Wildman–Crippen LogP) is 1.85. The molecule has 0 heterocycles. The van der Waals surface area contributed by atoms with E-state index in [1.165, 1.54) is 19.3 Å². The third-order valence-electron chi connectivity index (χ3n) is 5.08. The summed E-state index contributed by atoms with van der Waals surface area (Å²) >= 11 is 0. The highest BCUT2D eigenvalue weighted by Gasteiger charge is 2.53. The van der Waals surface area contributed by atoms with Gasteiger partial charge < -0.3 is 10.1 Å². The quantitative estimate of drug-likeness (QED) is 0.661. The van der Waals surface area contributed by atoms with Gasteiger partial charge in [0, 0.05) is 20.2 Å². The summed E-state index contributed by atoms with van der Waals surface area (Å²) in [4.78, 5) is 0. The van der Waals surface area contributed by atoms with Gasteiger partial charge in [-0.05, 0) is 56.8 Å². The fraction of sp³-hybridized carbons (Fsp3) is 1.00. The van der Waals surface area contributed by atoms with Crippen molar-refractivity contribution < 1.29 is 13.2 Å². The average molecular weight is 303 g/mol. The molecule has 0 aromatic heterocycles.